The first-order chi connectivity index (χ1) is 31.6. The van der Waals surface area contributed by atoms with Crippen LogP contribution in [-0.4, -0.2) is 111 Å². The van der Waals surface area contributed by atoms with E-state index in [0.29, 0.717) is 53.8 Å². The number of halogens is 7. The van der Waals surface area contributed by atoms with Gasteiger partial charge in [-0.3, -0.25) is 20.3 Å². The Labute approximate surface area is 468 Å². The molecule has 0 unspecified atom stereocenters. The Kier molecular flexibility index (Phi) is 23.6. The molecule has 7 aromatic heterocycles. The van der Waals surface area contributed by atoms with Gasteiger partial charge >= 0.3 is 63.6 Å². The van der Waals surface area contributed by atoms with Gasteiger partial charge in [0, 0.05) is 77.9 Å². The van der Waals surface area contributed by atoms with Gasteiger partial charge in [-0.25, -0.2) is 9.78 Å². The number of hydrogen-bond donors (Lipinski definition) is 2. The van der Waals surface area contributed by atoms with Crippen LogP contribution in [0.25, 0.3) is 55.9 Å². The summed E-state index contributed by atoms with van der Waals surface area (Å²) in [6, 6.07) is 17.0. The summed E-state index contributed by atoms with van der Waals surface area (Å²) >= 11 is 14.3. The van der Waals surface area contributed by atoms with Gasteiger partial charge in [0.1, 0.15) is 17.1 Å². The van der Waals surface area contributed by atoms with Crippen molar-refractivity contribution in [2.24, 2.45) is 21.1 Å². The van der Waals surface area contributed by atoms with Crippen LogP contribution in [0.4, 0.5) is 9.93 Å². The Morgan fingerprint density at radius 2 is 1.22 bits per heavy atom. The van der Waals surface area contributed by atoms with Crippen LogP contribution >= 0.6 is 126 Å². The summed E-state index contributed by atoms with van der Waals surface area (Å²) in [6.07, 6.45) is 5.20. The second kappa shape index (κ2) is 27.5. The monoisotopic (exact) mass is 1670 g/mol. The van der Waals surface area contributed by atoms with E-state index in [1.54, 1.807) is 39.7 Å². The number of amides is 2. The van der Waals surface area contributed by atoms with Crippen molar-refractivity contribution in [2.45, 2.75) is 45.8 Å². The molecule has 1 aliphatic heterocycles. The number of aromatic nitrogens is 16. The number of tetrazole rings is 3. The fourth-order valence-electron chi connectivity index (χ4n) is 5.48. The molecule has 8 aromatic rings. The number of urea groups is 1. The van der Waals surface area contributed by atoms with Crippen molar-refractivity contribution >= 4 is 160 Å². The van der Waals surface area contributed by atoms with Crippen molar-refractivity contribution < 1.29 is 27.4 Å². The molecule has 67 heavy (non-hydrogen) atoms. The molecule has 2 N–H and O–H groups in total. The van der Waals surface area contributed by atoms with Gasteiger partial charge in [-0.1, -0.05) is 29.5 Å². The minimum absolute atomic E-state index is 0. The first-order valence-electron chi connectivity index (χ1n) is 19.2. The number of nitrogens with zero attached hydrogens (tertiary/aromatic N) is 16. The molecule has 0 bridgehead atoms. The quantitative estimate of drug-likeness (QED) is 0.149. The summed E-state index contributed by atoms with van der Waals surface area (Å²) in [5.41, 5.74) is 4.98. The molecule has 356 valence electrons. The second-order valence-corrected chi connectivity index (χ2v) is 32.6. The maximum absolute atomic E-state index is 11.6. The molecule has 1 fully saturated rings. The third kappa shape index (κ3) is 16.5. The number of thiazole rings is 1. The van der Waals surface area contributed by atoms with Crippen molar-refractivity contribution in [3.8, 4) is 45.7 Å². The van der Waals surface area contributed by atoms with Crippen LogP contribution in [0.1, 0.15) is 34.6 Å². The Morgan fingerprint density at radius 3 is 1.64 bits per heavy atom. The van der Waals surface area contributed by atoms with Gasteiger partial charge in [-0.05, 0) is 108 Å². The number of fused-ring (bicyclic) bond motifs is 1. The predicted molar refractivity (Wildman–Crippen MR) is 302 cm³/mol. The van der Waals surface area contributed by atoms with E-state index in [9.17, 15) is 4.79 Å². The molecular weight excluding hydrogens is 1630 g/mol. The molecule has 2 amide bonds. The SMILES string of the molecule is CCNC(=O)Nc1nc2cc(-c3ccc(-c4nnn(C)n4)nc3)ccc2s1.Cn1nnc(-c2ccc(B3OC(C)(C)C(C)(C)O3)cn2)n1.Cn1nnc(-c2ccc(Br)cn2)n1.I.II.I[I-]I. The number of anilines is 1. The zero-order valence-electron chi connectivity index (χ0n) is 36.7. The fourth-order valence-corrected chi connectivity index (χ4v) is 6.56. The fraction of sp³-hybridized carbons (Fsp3) is 0.297. The van der Waals surface area contributed by atoms with Gasteiger partial charge in [-0.2, -0.15) is 14.4 Å². The molecule has 8 heterocycles. The number of carbonyl (C=O) groups is 1. The first kappa shape index (κ1) is 57.5. The number of hydrogen-bond acceptors (Lipinski definition) is 17. The van der Waals surface area contributed by atoms with E-state index in [4.69, 9.17) is 9.31 Å². The van der Waals surface area contributed by atoms with E-state index in [0.717, 1.165) is 37.0 Å². The molecular formula is C37H41BBrI6N18O3S-. The Hall–Kier alpha value is -2.12. The van der Waals surface area contributed by atoms with Crippen LogP contribution in [0.5, 0.6) is 0 Å². The van der Waals surface area contributed by atoms with Crippen molar-refractivity contribution in [1.29, 1.82) is 0 Å². The number of rotatable bonds is 7. The van der Waals surface area contributed by atoms with Crippen LogP contribution in [-0.2, 0) is 30.5 Å². The number of aryl methyl sites for hydroxylation is 3. The van der Waals surface area contributed by atoms with Crippen LogP contribution in [0, 0.1) is 0 Å². The predicted octanol–water partition coefficient (Wildman–Crippen LogP) is 5.46. The van der Waals surface area contributed by atoms with Crippen LogP contribution < -0.4 is 29.4 Å². The van der Waals surface area contributed by atoms with Crippen molar-refractivity contribution in [2.75, 3.05) is 11.9 Å². The summed E-state index contributed by atoms with van der Waals surface area (Å²) in [5, 5.41) is 41.4. The van der Waals surface area contributed by atoms with E-state index in [1.165, 1.54) is 25.7 Å². The Morgan fingerprint density at radius 1 is 0.746 bits per heavy atom. The van der Waals surface area contributed by atoms with Crippen LogP contribution in [0.3, 0.4) is 0 Å². The molecule has 0 radical (unpaired) electrons. The average Bonchev–Trinajstić information content (AvgIpc) is 4.15. The van der Waals surface area contributed by atoms with E-state index >= 15 is 0 Å². The van der Waals surface area contributed by atoms with Crippen LogP contribution in [0.15, 0.2) is 77.7 Å². The summed E-state index contributed by atoms with van der Waals surface area (Å²) in [6.45, 7) is 10.5. The zero-order chi connectivity index (χ0) is 48.0. The zero-order valence-corrected chi connectivity index (χ0v) is 52.2. The van der Waals surface area contributed by atoms with Gasteiger partial charge < -0.3 is 14.6 Å². The summed E-state index contributed by atoms with van der Waals surface area (Å²) in [7, 11) is 4.74. The molecule has 0 atom stereocenters. The van der Waals surface area contributed by atoms with Gasteiger partial charge in [-0.15, -0.1) is 54.6 Å². The number of carbonyl (C=O) groups excluding carboxylic acids is 1. The number of nitrogens with one attached hydrogen (secondary N) is 2. The maximum atomic E-state index is 11.6. The number of benzene rings is 1. The summed E-state index contributed by atoms with van der Waals surface area (Å²) in [5.74, 6) is 1.52. The van der Waals surface area contributed by atoms with E-state index in [2.05, 4.69) is 167 Å². The van der Waals surface area contributed by atoms with E-state index < -0.39 is 7.12 Å². The van der Waals surface area contributed by atoms with Crippen molar-refractivity contribution in [3.63, 3.8) is 0 Å². The van der Waals surface area contributed by atoms with E-state index in [1.807, 2.05) is 89.2 Å². The molecule has 0 saturated carbocycles. The van der Waals surface area contributed by atoms with Gasteiger partial charge in [0.2, 0.25) is 17.5 Å². The second-order valence-electron chi connectivity index (χ2n) is 14.4. The number of pyridine rings is 3. The molecule has 30 heteroatoms. The van der Waals surface area contributed by atoms with Crippen molar-refractivity contribution in [3.05, 3.63) is 77.7 Å². The average molecular weight is 1670 g/mol. The molecule has 9 rings (SSSR count). The third-order valence-corrected chi connectivity index (χ3v) is 10.7. The van der Waals surface area contributed by atoms with Crippen molar-refractivity contribution in [1.82, 2.24) is 85.9 Å². The minimum atomic E-state index is -0.411. The molecule has 1 saturated heterocycles. The first-order valence-corrected chi connectivity index (χ1v) is 39.6. The Balaban J connectivity index is 0.000000218. The van der Waals surface area contributed by atoms with Gasteiger partial charge in [0.15, 0.2) is 5.13 Å². The Bertz CT molecular complexity index is 2770. The van der Waals surface area contributed by atoms with Gasteiger partial charge in [0.25, 0.3) is 0 Å². The molecule has 0 aliphatic carbocycles. The topological polar surface area (TPSA) is 242 Å². The van der Waals surface area contributed by atoms with E-state index in [-0.39, 0.29) is 41.2 Å². The molecule has 0 spiro atoms. The normalized spacial score (nSPS) is 13.1. The molecule has 1 aromatic carbocycles. The molecule has 1 aliphatic rings. The van der Waals surface area contributed by atoms with Crippen LogP contribution in [0.2, 0.25) is 0 Å². The third-order valence-electron chi connectivity index (χ3n) is 9.29. The summed E-state index contributed by atoms with van der Waals surface area (Å²) < 4.78 is 13.9. The standard InChI is InChI=1S/C17H16N8OS.C13H18BN5O2.C7H6BrN5.I3.I2.HI/c1-3-18-16(26)21-17-20-13-8-10(5-7-14(13)27-17)11-4-6-12(19-9-11)15-22-24-25(2)23-15;1-12(2)13(3,4)21-14(20-12)9-6-7-10(15-8-9)11-16-18-19(5)17-11;1-13-11-7(10-12-13)6-3-2-5(8)4-9-6;1-3-2;1-2;/h4-9H,3H2,1-2H3,(H2,18,20,21,26);6-8H,1-5H3;2-4H,1H3;;;1H/q;;;-1;;. The van der Waals surface area contributed by atoms with Gasteiger partial charge in [0.05, 0.1) is 42.6 Å². The summed E-state index contributed by atoms with van der Waals surface area (Å²) in [4.78, 5) is 33.3. The molecule has 21 nitrogen and oxygen atoms in total.